The molecule has 0 aliphatic carbocycles. The SMILES string of the molecule is c1cn(-c2cnn(C3CCCCO3)c2)cn1. The topological polar surface area (TPSA) is 44.9 Å². The molecule has 1 aliphatic heterocycles. The summed E-state index contributed by atoms with van der Waals surface area (Å²) in [5.41, 5.74) is 1.02. The molecule has 0 aromatic carbocycles. The molecule has 5 heteroatoms. The van der Waals surface area contributed by atoms with E-state index in [0.717, 1.165) is 25.1 Å². The van der Waals surface area contributed by atoms with Crippen LogP contribution in [0, 0.1) is 0 Å². The van der Waals surface area contributed by atoms with Crippen LogP contribution in [0.25, 0.3) is 5.69 Å². The second kappa shape index (κ2) is 4.09. The molecule has 3 rings (SSSR count). The molecule has 1 saturated heterocycles. The standard InChI is InChI=1S/C11H14N4O/c1-2-6-16-11(3-1)15-8-10(7-13-15)14-5-4-12-9-14/h4-5,7-9,11H,1-3,6H2. The lowest BCUT2D eigenvalue weighted by Crippen LogP contribution is -2.18. The largest absolute Gasteiger partial charge is 0.357 e. The highest BCUT2D eigenvalue weighted by molar-refractivity contribution is 5.24. The van der Waals surface area contributed by atoms with E-state index in [2.05, 4.69) is 10.1 Å². The zero-order valence-electron chi connectivity index (χ0n) is 8.99. The van der Waals surface area contributed by atoms with E-state index >= 15 is 0 Å². The van der Waals surface area contributed by atoms with E-state index < -0.39 is 0 Å². The lowest BCUT2D eigenvalue weighted by Gasteiger charge is -2.22. The number of imidazole rings is 1. The van der Waals surface area contributed by atoms with Crippen molar-refractivity contribution in [2.45, 2.75) is 25.5 Å². The second-order valence-electron chi connectivity index (χ2n) is 3.97. The summed E-state index contributed by atoms with van der Waals surface area (Å²) in [5.74, 6) is 0. The van der Waals surface area contributed by atoms with Crippen LogP contribution in [-0.4, -0.2) is 25.9 Å². The molecule has 1 aliphatic rings. The highest BCUT2D eigenvalue weighted by Gasteiger charge is 2.16. The van der Waals surface area contributed by atoms with Gasteiger partial charge in [0, 0.05) is 19.0 Å². The molecule has 2 aromatic rings. The van der Waals surface area contributed by atoms with Crippen molar-refractivity contribution in [3.05, 3.63) is 31.1 Å². The second-order valence-corrected chi connectivity index (χ2v) is 3.97. The smallest absolute Gasteiger partial charge is 0.150 e. The fourth-order valence-electron chi connectivity index (χ4n) is 1.96. The van der Waals surface area contributed by atoms with Crippen molar-refractivity contribution in [1.82, 2.24) is 19.3 Å². The maximum absolute atomic E-state index is 5.67. The number of hydrogen-bond acceptors (Lipinski definition) is 3. The van der Waals surface area contributed by atoms with Crippen LogP contribution in [0.1, 0.15) is 25.5 Å². The summed E-state index contributed by atoms with van der Waals surface area (Å²) >= 11 is 0. The molecule has 0 amide bonds. The van der Waals surface area contributed by atoms with Gasteiger partial charge >= 0.3 is 0 Å². The highest BCUT2D eigenvalue weighted by Crippen LogP contribution is 2.22. The monoisotopic (exact) mass is 218 g/mol. The van der Waals surface area contributed by atoms with E-state index in [0.29, 0.717) is 0 Å². The Morgan fingerprint density at radius 1 is 1.38 bits per heavy atom. The van der Waals surface area contributed by atoms with Crippen LogP contribution >= 0.6 is 0 Å². The number of nitrogens with zero attached hydrogens (tertiary/aromatic N) is 4. The molecule has 0 radical (unpaired) electrons. The first-order valence-electron chi connectivity index (χ1n) is 5.57. The van der Waals surface area contributed by atoms with Crippen LogP contribution in [0.15, 0.2) is 31.1 Å². The zero-order valence-corrected chi connectivity index (χ0v) is 8.99. The first-order chi connectivity index (χ1) is 7.93. The van der Waals surface area contributed by atoms with Crippen LogP contribution in [0.3, 0.4) is 0 Å². The van der Waals surface area contributed by atoms with Gasteiger partial charge in [0.1, 0.15) is 6.23 Å². The van der Waals surface area contributed by atoms with Crippen molar-refractivity contribution in [3.8, 4) is 5.69 Å². The summed E-state index contributed by atoms with van der Waals surface area (Å²) in [7, 11) is 0. The van der Waals surface area contributed by atoms with E-state index in [9.17, 15) is 0 Å². The van der Waals surface area contributed by atoms with Crippen LogP contribution in [0.4, 0.5) is 0 Å². The van der Waals surface area contributed by atoms with Gasteiger partial charge in [0.05, 0.1) is 24.4 Å². The lowest BCUT2D eigenvalue weighted by molar-refractivity contribution is -0.0394. The molecule has 0 spiro atoms. The van der Waals surface area contributed by atoms with Gasteiger partial charge in [-0.3, -0.25) is 0 Å². The normalized spacial score (nSPS) is 21.1. The third kappa shape index (κ3) is 1.74. The van der Waals surface area contributed by atoms with Gasteiger partial charge in [-0.15, -0.1) is 0 Å². The minimum absolute atomic E-state index is 0.103. The Bertz CT molecular complexity index is 442. The van der Waals surface area contributed by atoms with Crippen LogP contribution < -0.4 is 0 Å². The Morgan fingerprint density at radius 2 is 2.38 bits per heavy atom. The Kier molecular flexibility index (Phi) is 2.46. The minimum Gasteiger partial charge on any atom is -0.357 e. The molecule has 1 unspecified atom stereocenters. The van der Waals surface area contributed by atoms with Crippen molar-refractivity contribution in [2.75, 3.05) is 6.61 Å². The van der Waals surface area contributed by atoms with Crippen LogP contribution in [0.2, 0.25) is 0 Å². The van der Waals surface area contributed by atoms with Gasteiger partial charge < -0.3 is 9.30 Å². The molecule has 1 atom stereocenters. The predicted octanol–water partition coefficient (Wildman–Crippen LogP) is 1.77. The van der Waals surface area contributed by atoms with E-state index in [1.807, 2.05) is 27.8 Å². The third-order valence-corrected chi connectivity index (χ3v) is 2.84. The molecule has 2 aromatic heterocycles. The fourth-order valence-corrected chi connectivity index (χ4v) is 1.96. The first-order valence-corrected chi connectivity index (χ1v) is 5.57. The summed E-state index contributed by atoms with van der Waals surface area (Å²) in [6.45, 7) is 0.838. The third-order valence-electron chi connectivity index (χ3n) is 2.84. The van der Waals surface area contributed by atoms with Crippen molar-refractivity contribution in [2.24, 2.45) is 0 Å². The van der Waals surface area contributed by atoms with Gasteiger partial charge in [-0.2, -0.15) is 5.10 Å². The Morgan fingerprint density at radius 3 is 3.12 bits per heavy atom. The number of hydrogen-bond donors (Lipinski definition) is 0. The summed E-state index contributed by atoms with van der Waals surface area (Å²) in [6.07, 6.45) is 12.8. The van der Waals surface area contributed by atoms with Crippen molar-refractivity contribution in [3.63, 3.8) is 0 Å². The van der Waals surface area contributed by atoms with Gasteiger partial charge in [-0.25, -0.2) is 9.67 Å². The first kappa shape index (κ1) is 9.59. The number of aromatic nitrogens is 4. The van der Waals surface area contributed by atoms with E-state index in [4.69, 9.17) is 4.74 Å². The highest BCUT2D eigenvalue weighted by atomic mass is 16.5. The minimum atomic E-state index is 0.103. The summed E-state index contributed by atoms with van der Waals surface area (Å²) in [6, 6.07) is 0. The summed E-state index contributed by atoms with van der Waals surface area (Å²) in [4.78, 5) is 4.02. The van der Waals surface area contributed by atoms with Gasteiger partial charge in [0.2, 0.25) is 0 Å². The lowest BCUT2D eigenvalue weighted by atomic mass is 10.2. The Balaban J connectivity index is 1.82. The van der Waals surface area contributed by atoms with Gasteiger partial charge in [0.25, 0.3) is 0 Å². The van der Waals surface area contributed by atoms with Gasteiger partial charge in [-0.1, -0.05) is 0 Å². The maximum atomic E-state index is 5.67. The van der Waals surface area contributed by atoms with Gasteiger partial charge in [-0.05, 0) is 19.3 Å². The molecule has 5 nitrogen and oxygen atoms in total. The van der Waals surface area contributed by atoms with E-state index in [1.165, 1.54) is 6.42 Å². The quantitative estimate of drug-likeness (QED) is 0.771. The average Bonchev–Trinajstić information content (AvgIpc) is 3.01. The number of rotatable bonds is 2. The van der Waals surface area contributed by atoms with E-state index in [1.54, 1.807) is 12.5 Å². The van der Waals surface area contributed by atoms with Crippen molar-refractivity contribution in [1.29, 1.82) is 0 Å². The number of ether oxygens (including phenoxy) is 1. The summed E-state index contributed by atoms with van der Waals surface area (Å²) in [5, 5.41) is 4.34. The summed E-state index contributed by atoms with van der Waals surface area (Å²) < 4.78 is 9.50. The maximum Gasteiger partial charge on any atom is 0.150 e. The average molecular weight is 218 g/mol. The molecule has 3 heterocycles. The predicted molar refractivity (Wildman–Crippen MR) is 58.2 cm³/mol. The van der Waals surface area contributed by atoms with Crippen LogP contribution in [0.5, 0.6) is 0 Å². The van der Waals surface area contributed by atoms with Crippen LogP contribution in [-0.2, 0) is 4.74 Å². The fraction of sp³-hybridized carbons (Fsp3) is 0.455. The molecular weight excluding hydrogens is 204 g/mol. The van der Waals surface area contributed by atoms with Gasteiger partial charge in [0.15, 0.2) is 0 Å². The molecular formula is C11H14N4O. The Hall–Kier alpha value is -1.62. The molecule has 0 saturated carbocycles. The van der Waals surface area contributed by atoms with Crippen molar-refractivity contribution >= 4 is 0 Å². The molecule has 1 fully saturated rings. The van der Waals surface area contributed by atoms with E-state index in [-0.39, 0.29) is 6.23 Å². The molecule has 0 N–H and O–H groups in total. The molecule has 84 valence electrons. The molecule has 0 bridgehead atoms. The Labute approximate surface area is 93.7 Å². The zero-order chi connectivity index (χ0) is 10.8. The molecule has 16 heavy (non-hydrogen) atoms. The van der Waals surface area contributed by atoms with Crippen molar-refractivity contribution < 1.29 is 4.74 Å².